The Kier molecular flexibility index (Phi) is 4.23. The van der Waals surface area contributed by atoms with E-state index in [1.165, 1.54) is 0 Å². The van der Waals surface area contributed by atoms with E-state index in [1.54, 1.807) is 19.9 Å². The van der Waals surface area contributed by atoms with Crippen LogP contribution < -0.4 is 0 Å². The second-order valence-corrected chi connectivity index (χ2v) is 2.32. The number of aldehydes is 1. The fraction of sp³-hybridized carbons (Fsp3) is 0.429. The number of hydrogen-bond acceptors (Lipinski definition) is 4. The molecule has 0 heterocycles. The van der Waals surface area contributed by atoms with Crippen molar-refractivity contribution in [1.29, 1.82) is 5.26 Å². The van der Waals surface area contributed by atoms with Gasteiger partial charge in [-0.2, -0.15) is 5.26 Å². The molecule has 0 bridgehead atoms. The highest BCUT2D eigenvalue weighted by Crippen LogP contribution is 2.08. The number of carbonyl (C=O) groups is 1. The summed E-state index contributed by atoms with van der Waals surface area (Å²) in [5, 5.41) is 8.43. The third-order valence-corrected chi connectivity index (χ3v) is 1.76. The van der Waals surface area contributed by atoms with E-state index in [0.717, 1.165) is 0 Å². The van der Waals surface area contributed by atoms with Crippen molar-refractivity contribution in [1.82, 2.24) is 0 Å². The summed E-state index contributed by atoms with van der Waals surface area (Å²) < 4.78 is 3.52. The fourth-order valence-corrected chi connectivity index (χ4v) is 0.670. The molecule has 0 fully saturated rings. The molecule has 0 aromatic heterocycles. The van der Waals surface area contributed by atoms with Gasteiger partial charge in [-0.05, 0) is 19.4 Å². The Morgan fingerprint density at radius 3 is 2.64 bits per heavy atom. The third-order valence-electron chi connectivity index (χ3n) is 1.45. The number of carbonyl (C=O) groups excluding carboxylic acids is 1. The Hall–Kier alpha value is -1.08. The quantitative estimate of drug-likeness (QED) is 0.361. The van der Waals surface area contributed by atoms with Gasteiger partial charge in [-0.25, -0.2) is 4.36 Å². The third kappa shape index (κ3) is 2.56. The molecule has 0 aromatic rings. The van der Waals surface area contributed by atoms with E-state index in [4.69, 9.17) is 5.26 Å². The molecule has 1 unspecified atom stereocenters. The van der Waals surface area contributed by atoms with Crippen molar-refractivity contribution in [3.05, 3.63) is 11.1 Å². The van der Waals surface area contributed by atoms with E-state index in [2.05, 4.69) is 16.8 Å². The maximum Gasteiger partial charge on any atom is 0.160 e. The Labute approximate surface area is 70.9 Å². The summed E-state index contributed by atoms with van der Waals surface area (Å²) >= 11 is 4.43. The highest BCUT2D eigenvalue weighted by Gasteiger charge is 2.06. The molecule has 1 atom stereocenters. The van der Waals surface area contributed by atoms with Crippen LogP contribution >= 0.6 is 0 Å². The normalized spacial score (nSPS) is 14.3. The number of nitrogens with zero attached hydrogens (tertiary/aromatic N) is 2. The van der Waals surface area contributed by atoms with E-state index in [1.807, 2.05) is 0 Å². The van der Waals surface area contributed by atoms with Crippen LogP contribution in [0.2, 0.25) is 0 Å². The van der Waals surface area contributed by atoms with Gasteiger partial charge in [0.05, 0.1) is 11.6 Å². The number of hydrogen-bond donors (Lipinski definition) is 0. The Morgan fingerprint density at radius 2 is 2.36 bits per heavy atom. The van der Waals surface area contributed by atoms with Crippen LogP contribution in [0.15, 0.2) is 15.5 Å². The van der Waals surface area contributed by atoms with Crippen LogP contribution in [0.5, 0.6) is 0 Å². The summed E-state index contributed by atoms with van der Waals surface area (Å²) in [5.74, 6) is 0. The summed E-state index contributed by atoms with van der Waals surface area (Å²) in [6.45, 7) is 3.41. The maximum atomic E-state index is 10.2. The highest BCUT2D eigenvalue weighted by atomic mass is 32.1. The van der Waals surface area contributed by atoms with Crippen LogP contribution in [0, 0.1) is 11.3 Å². The minimum Gasteiger partial charge on any atom is -0.297 e. The van der Waals surface area contributed by atoms with Crippen molar-refractivity contribution in [2.45, 2.75) is 19.9 Å². The van der Waals surface area contributed by atoms with Crippen molar-refractivity contribution >= 4 is 18.7 Å². The molecule has 0 spiro atoms. The zero-order chi connectivity index (χ0) is 8.85. The Bertz CT molecular complexity index is 239. The predicted molar refractivity (Wildman–Crippen MR) is 43.6 cm³/mol. The smallest absolute Gasteiger partial charge is 0.160 e. The van der Waals surface area contributed by atoms with Crippen molar-refractivity contribution in [2.24, 2.45) is 4.36 Å². The van der Waals surface area contributed by atoms with Gasteiger partial charge < -0.3 is 0 Å². The molecule has 0 saturated heterocycles. The summed E-state index contributed by atoms with van der Waals surface area (Å²) in [5.41, 5.74) is 0.739. The molecule has 0 N–H and O–H groups in total. The molecule has 0 aliphatic rings. The van der Waals surface area contributed by atoms with Crippen molar-refractivity contribution < 1.29 is 4.79 Å². The van der Waals surface area contributed by atoms with Gasteiger partial charge >= 0.3 is 0 Å². The zero-order valence-corrected chi connectivity index (χ0v) is 7.18. The summed E-state index contributed by atoms with van der Waals surface area (Å²) in [6.07, 6.45) is 0.520. The Morgan fingerprint density at radius 1 is 1.82 bits per heavy atom. The first-order valence-corrected chi connectivity index (χ1v) is 3.42. The average molecular weight is 168 g/mol. The van der Waals surface area contributed by atoms with Gasteiger partial charge in [0.1, 0.15) is 6.07 Å². The van der Waals surface area contributed by atoms with Gasteiger partial charge in [0, 0.05) is 12.4 Å². The number of nitriles is 1. The summed E-state index contributed by atoms with van der Waals surface area (Å²) in [4.78, 5) is 10.2. The lowest BCUT2D eigenvalue weighted by molar-refractivity contribution is -0.104. The first kappa shape index (κ1) is 9.92. The van der Waals surface area contributed by atoms with Gasteiger partial charge in [-0.1, -0.05) is 0 Å². The van der Waals surface area contributed by atoms with E-state index in [9.17, 15) is 4.79 Å². The Balaban J connectivity index is 4.77. The molecular formula is C7H8N2OS. The topological polar surface area (TPSA) is 53.2 Å². The van der Waals surface area contributed by atoms with Crippen LogP contribution in [-0.4, -0.2) is 12.3 Å². The lowest BCUT2D eigenvalue weighted by Gasteiger charge is -2.02. The molecule has 58 valence electrons. The minimum absolute atomic E-state index is 0.117. The molecule has 0 aliphatic carbocycles. The van der Waals surface area contributed by atoms with Gasteiger partial charge in [0.25, 0.3) is 0 Å². The molecule has 0 aliphatic heterocycles. The summed E-state index contributed by atoms with van der Waals surface area (Å²) in [7, 11) is 0. The van der Waals surface area contributed by atoms with Crippen LogP contribution in [0.25, 0.3) is 0 Å². The van der Waals surface area contributed by atoms with E-state index in [-0.39, 0.29) is 11.6 Å². The summed E-state index contributed by atoms with van der Waals surface area (Å²) in [6, 6.07) is 1.54. The molecule has 3 nitrogen and oxygen atoms in total. The molecule has 4 heteroatoms. The average Bonchev–Trinajstić information content (AvgIpc) is 2.05. The maximum absolute atomic E-state index is 10.2. The van der Waals surface area contributed by atoms with Crippen molar-refractivity contribution in [3.63, 3.8) is 0 Å². The lowest BCUT2D eigenvalue weighted by atomic mass is 10.1. The van der Waals surface area contributed by atoms with E-state index >= 15 is 0 Å². The molecule has 11 heavy (non-hydrogen) atoms. The van der Waals surface area contributed by atoms with Gasteiger partial charge in [0.2, 0.25) is 0 Å². The van der Waals surface area contributed by atoms with Crippen molar-refractivity contribution in [3.8, 4) is 6.07 Å². The van der Waals surface area contributed by atoms with Crippen LogP contribution in [0.1, 0.15) is 13.8 Å². The monoisotopic (exact) mass is 168 g/mol. The number of rotatable bonds is 3. The largest absolute Gasteiger partial charge is 0.297 e. The SMILES string of the molecule is C/C(=C(\C#N)C=O)C(C)N=S. The molecule has 0 amide bonds. The van der Waals surface area contributed by atoms with E-state index in [0.29, 0.717) is 11.9 Å². The second-order valence-electron chi connectivity index (χ2n) is 2.11. The minimum atomic E-state index is -0.232. The molecule has 0 aromatic carbocycles. The standard InChI is InChI=1S/C7H8N2OS/c1-5(6(2)9-11)7(3-8)4-10/h4,6H,1-2H3/b7-5-. The molecular weight excluding hydrogens is 160 g/mol. The fourth-order valence-electron chi connectivity index (χ4n) is 0.512. The van der Waals surface area contributed by atoms with Gasteiger partial charge in [-0.15, -0.1) is 0 Å². The van der Waals surface area contributed by atoms with E-state index < -0.39 is 0 Å². The lowest BCUT2D eigenvalue weighted by Crippen LogP contribution is -2.02. The molecule has 0 rings (SSSR count). The van der Waals surface area contributed by atoms with Crippen LogP contribution in [0.3, 0.4) is 0 Å². The molecule has 0 saturated carbocycles. The zero-order valence-electron chi connectivity index (χ0n) is 6.37. The molecule has 0 radical (unpaired) electrons. The first-order valence-electron chi connectivity index (χ1n) is 3.05. The predicted octanol–water partition coefficient (Wildman–Crippen LogP) is 1.14. The second kappa shape index (κ2) is 4.69. The van der Waals surface area contributed by atoms with Crippen LogP contribution in [0.4, 0.5) is 0 Å². The van der Waals surface area contributed by atoms with Crippen molar-refractivity contribution in [2.75, 3.05) is 0 Å². The van der Waals surface area contributed by atoms with Gasteiger partial charge in [-0.3, -0.25) is 4.79 Å². The highest BCUT2D eigenvalue weighted by molar-refractivity contribution is 7.47. The number of allylic oxidation sites excluding steroid dienone is 1. The van der Waals surface area contributed by atoms with Gasteiger partial charge in [0.15, 0.2) is 6.29 Å². The van der Waals surface area contributed by atoms with Crippen LogP contribution in [-0.2, 0) is 17.2 Å². The first-order chi connectivity index (χ1) is 5.17.